The molecule has 0 spiro atoms. The summed E-state index contributed by atoms with van der Waals surface area (Å²) < 4.78 is 16.6. The number of nitrogens with zero attached hydrogens (tertiary/aromatic N) is 2. The molecule has 1 rings (SSSR count). The highest BCUT2D eigenvalue weighted by Gasteiger charge is 1.94. The molecule has 0 aliphatic rings. The van der Waals surface area contributed by atoms with Crippen LogP contribution in [-0.4, -0.2) is 28.7 Å². The van der Waals surface area contributed by atoms with E-state index in [0.29, 0.717) is 19.6 Å². The van der Waals surface area contributed by atoms with Crippen molar-refractivity contribution in [2.24, 2.45) is 0 Å². The minimum Gasteiger partial charge on any atom is -0.375 e. The van der Waals surface area contributed by atoms with Gasteiger partial charge in [-0.15, -0.1) is 0 Å². The minimum absolute atomic E-state index is 0.335. The van der Waals surface area contributed by atoms with Crippen molar-refractivity contribution in [1.29, 1.82) is 0 Å². The standard InChI is InChI=1S/C6H10FN3O/c7-2-1-3-11-5-6-4-8-10-9-6/h4H,1-3,5H2,(H,8,9,10). The number of aromatic nitrogens is 3. The van der Waals surface area contributed by atoms with E-state index in [9.17, 15) is 4.39 Å². The van der Waals surface area contributed by atoms with E-state index in [1.807, 2.05) is 0 Å². The zero-order valence-electron chi connectivity index (χ0n) is 6.09. The first-order valence-corrected chi connectivity index (χ1v) is 3.42. The third kappa shape index (κ3) is 3.08. The molecule has 0 aliphatic carbocycles. The van der Waals surface area contributed by atoms with Crippen LogP contribution in [-0.2, 0) is 11.3 Å². The smallest absolute Gasteiger partial charge is 0.108 e. The molecule has 1 N–H and O–H groups in total. The Kier molecular flexibility index (Phi) is 3.54. The average Bonchev–Trinajstić information content (AvgIpc) is 2.50. The number of hydrogen-bond acceptors (Lipinski definition) is 3. The third-order valence-electron chi connectivity index (χ3n) is 1.14. The van der Waals surface area contributed by atoms with Gasteiger partial charge < -0.3 is 4.74 Å². The summed E-state index contributed by atoms with van der Waals surface area (Å²) in [4.78, 5) is 0. The van der Waals surface area contributed by atoms with E-state index in [1.54, 1.807) is 6.20 Å². The Morgan fingerprint density at radius 1 is 1.64 bits per heavy atom. The van der Waals surface area contributed by atoms with Gasteiger partial charge in [0.25, 0.3) is 0 Å². The van der Waals surface area contributed by atoms with Gasteiger partial charge in [0.05, 0.1) is 19.5 Å². The summed E-state index contributed by atoms with van der Waals surface area (Å²) in [6.07, 6.45) is 2.02. The maximum atomic E-state index is 11.5. The fourth-order valence-electron chi connectivity index (χ4n) is 0.628. The second-order valence-corrected chi connectivity index (χ2v) is 2.06. The molecule has 11 heavy (non-hydrogen) atoms. The number of alkyl halides is 1. The monoisotopic (exact) mass is 159 g/mol. The molecule has 0 bridgehead atoms. The fourth-order valence-corrected chi connectivity index (χ4v) is 0.628. The van der Waals surface area contributed by atoms with Gasteiger partial charge in [0.15, 0.2) is 0 Å². The zero-order valence-corrected chi connectivity index (χ0v) is 6.09. The Bertz CT molecular complexity index is 178. The van der Waals surface area contributed by atoms with Gasteiger partial charge in [-0.3, -0.25) is 4.39 Å². The maximum Gasteiger partial charge on any atom is 0.108 e. The van der Waals surface area contributed by atoms with Crippen LogP contribution in [0, 0.1) is 0 Å². The van der Waals surface area contributed by atoms with Crippen molar-refractivity contribution in [3.05, 3.63) is 11.9 Å². The lowest BCUT2D eigenvalue weighted by Crippen LogP contribution is -1.96. The van der Waals surface area contributed by atoms with Crippen molar-refractivity contribution in [3.8, 4) is 0 Å². The molecule has 62 valence electrons. The maximum absolute atomic E-state index is 11.5. The van der Waals surface area contributed by atoms with E-state index in [-0.39, 0.29) is 6.67 Å². The Balaban J connectivity index is 2.04. The van der Waals surface area contributed by atoms with Gasteiger partial charge in [0.1, 0.15) is 5.69 Å². The summed E-state index contributed by atoms with van der Waals surface area (Å²) in [5.74, 6) is 0. The van der Waals surface area contributed by atoms with Crippen LogP contribution in [0.15, 0.2) is 6.20 Å². The molecule has 1 heterocycles. The first-order valence-electron chi connectivity index (χ1n) is 3.42. The first-order chi connectivity index (χ1) is 5.43. The van der Waals surface area contributed by atoms with Crippen molar-refractivity contribution in [3.63, 3.8) is 0 Å². The number of ether oxygens (including phenoxy) is 1. The molecule has 0 radical (unpaired) electrons. The van der Waals surface area contributed by atoms with Gasteiger partial charge in [-0.25, -0.2) is 0 Å². The lowest BCUT2D eigenvalue weighted by molar-refractivity contribution is 0.111. The predicted octanol–water partition coefficient (Wildman–Crippen LogP) is 0.681. The van der Waals surface area contributed by atoms with Crippen LogP contribution in [0.2, 0.25) is 0 Å². The Hall–Kier alpha value is -0.970. The van der Waals surface area contributed by atoms with Crippen molar-refractivity contribution >= 4 is 0 Å². The topological polar surface area (TPSA) is 50.8 Å². The van der Waals surface area contributed by atoms with E-state index in [4.69, 9.17) is 4.74 Å². The molecule has 1 aromatic rings. The van der Waals surface area contributed by atoms with Crippen molar-refractivity contribution in [2.45, 2.75) is 13.0 Å². The van der Waals surface area contributed by atoms with Gasteiger partial charge in [0, 0.05) is 6.61 Å². The van der Waals surface area contributed by atoms with Crippen molar-refractivity contribution in [2.75, 3.05) is 13.3 Å². The number of hydrogen-bond donors (Lipinski definition) is 1. The van der Waals surface area contributed by atoms with Crippen molar-refractivity contribution < 1.29 is 9.13 Å². The van der Waals surface area contributed by atoms with Crippen LogP contribution >= 0.6 is 0 Å². The molecule has 0 aliphatic heterocycles. The third-order valence-corrected chi connectivity index (χ3v) is 1.14. The Labute approximate surface area is 63.8 Å². The lowest BCUT2D eigenvalue weighted by atomic mass is 10.5. The van der Waals surface area contributed by atoms with E-state index in [0.717, 1.165) is 5.69 Å². The van der Waals surface area contributed by atoms with E-state index in [1.165, 1.54) is 0 Å². The molecule has 0 saturated heterocycles. The highest BCUT2D eigenvalue weighted by atomic mass is 19.1. The quantitative estimate of drug-likeness (QED) is 0.643. The molecule has 0 fully saturated rings. The molecule has 1 aromatic heterocycles. The second-order valence-electron chi connectivity index (χ2n) is 2.06. The largest absolute Gasteiger partial charge is 0.375 e. The lowest BCUT2D eigenvalue weighted by Gasteiger charge is -1.97. The van der Waals surface area contributed by atoms with E-state index >= 15 is 0 Å². The molecular weight excluding hydrogens is 149 g/mol. The summed E-state index contributed by atoms with van der Waals surface area (Å²) in [7, 11) is 0. The van der Waals surface area contributed by atoms with Crippen LogP contribution in [0.5, 0.6) is 0 Å². The molecule has 0 saturated carbocycles. The molecule has 4 nitrogen and oxygen atoms in total. The van der Waals surface area contributed by atoms with Crippen LogP contribution in [0.25, 0.3) is 0 Å². The minimum atomic E-state index is -0.335. The second kappa shape index (κ2) is 4.79. The highest BCUT2D eigenvalue weighted by Crippen LogP contribution is 1.93. The van der Waals surface area contributed by atoms with Crippen molar-refractivity contribution in [1.82, 2.24) is 15.4 Å². The summed E-state index contributed by atoms with van der Waals surface area (Å²) in [6, 6.07) is 0. The Morgan fingerprint density at radius 2 is 2.55 bits per heavy atom. The summed E-state index contributed by atoms with van der Waals surface area (Å²) in [5, 5.41) is 9.81. The van der Waals surface area contributed by atoms with Gasteiger partial charge in [-0.05, 0) is 6.42 Å². The van der Waals surface area contributed by atoms with Gasteiger partial charge >= 0.3 is 0 Å². The summed E-state index contributed by atoms with van der Waals surface area (Å²) in [5.41, 5.74) is 0.740. The SMILES string of the molecule is FCCCOCc1cn[nH]n1. The zero-order chi connectivity index (χ0) is 7.94. The number of halogens is 1. The van der Waals surface area contributed by atoms with Crippen LogP contribution in [0.4, 0.5) is 4.39 Å². The molecule has 0 aromatic carbocycles. The number of nitrogens with one attached hydrogen (secondary N) is 1. The molecule has 0 atom stereocenters. The van der Waals surface area contributed by atoms with Gasteiger partial charge in [-0.1, -0.05) is 0 Å². The van der Waals surface area contributed by atoms with Gasteiger partial charge in [-0.2, -0.15) is 15.4 Å². The van der Waals surface area contributed by atoms with Crippen LogP contribution < -0.4 is 0 Å². The highest BCUT2D eigenvalue weighted by molar-refractivity contribution is 4.86. The Morgan fingerprint density at radius 3 is 3.18 bits per heavy atom. The molecule has 0 amide bonds. The van der Waals surface area contributed by atoms with E-state index < -0.39 is 0 Å². The average molecular weight is 159 g/mol. The summed E-state index contributed by atoms with van der Waals surface area (Å²) in [6.45, 7) is 0.499. The fraction of sp³-hybridized carbons (Fsp3) is 0.667. The first kappa shape index (κ1) is 8.13. The number of rotatable bonds is 5. The molecular formula is C6H10FN3O. The van der Waals surface area contributed by atoms with Crippen LogP contribution in [0.1, 0.15) is 12.1 Å². The normalized spacial score (nSPS) is 10.3. The van der Waals surface area contributed by atoms with E-state index in [2.05, 4.69) is 15.4 Å². The summed E-state index contributed by atoms with van der Waals surface area (Å²) >= 11 is 0. The number of aromatic amines is 1. The molecule has 0 unspecified atom stereocenters. The van der Waals surface area contributed by atoms with Crippen LogP contribution in [0.3, 0.4) is 0 Å². The molecule has 5 heteroatoms. The van der Waals surface area contributed by atoms with Gasteiger partial charge in [0.2, 0.25) is 0 Å². The number of H-pyrrole nitrogens is 1. The predicted molar refractivity (Wildman–Crippen MR) is 36.6 cm³/mol.